The lowest BCUT2D eigenvalue weighted by Crippen LogP contribution is -2.19. The number of rotatable bonds is 2. The highest BCUT2D eigenvalue weighted by Crippen LogP contribution is 2.32. The molecule has 3 rings (SSSR count). The number of fused-ring (bicyclic) bond motifs is 1. The molecule has 5 heteroatoms. The van der Waals surface area contributed by atoms with Crippen LogP contribution in [0.2, 0.25) is 0 Å². The number of thiophene rings is 1. The van der Waals surface area contributed by atoms with E-state index in [9.17, 15) is 5.11 Å². The van der Waals surface area contributed by atoms with Gasteiger partial charge in [-0.05, 0) is 31.9 Å². The molecule has 90 valence electrons. The van der Waals surface area contributed by atoms with Crippen LogP contribution >= 0.6 is 11.3 Å². The molecule has 0 aliphatic carbocycles. The molecule has 1 aliphatic heterocycles. The molecule has 0 radical (unpaired) electrons. The number of hydrogen-bond acceptors (Lipinski definition) is 4. The third-order valence-corrected chi connectivity index (χ3v) is 4.26. The highest BCUT2D eigenvalue weighted by Gasteiger charge is 2.25. The van der Waals surface area contributed by atoms with E-state index in [1.54, 1.807) is 11.3 Å². The minimum Gasteiger partial charge on any atom is -0.396 e. The van der Waals surface area contributed by atoms with Gasteiger partial charge >= 0.3 is 0 Å². The normalized spacial score (nSPS) is 19.3. The van der Waals surface area contributed by atoms with Gasteiger partial charge < -0.3 is 9.67 Å². The third-order valence-electron chi connectivity index (χ3n) is 3.26. The van der Waals surface area contributed by atoms with Crippen LogP contribution in [0.5, 0.6) is 0 Å². The SMILES string of the molecule is Cc1ccc(-c2nnc3n2CCCC3CO)s1. The second-order valence-electron chi connectivity index (χ2n) is 4.47. The van der Waals surface area contributed by atoms with Gasteiger partial charge in [0.1, 0.15) is 5.82 Å². The van der Waals surface area contributed by atoms with E-state index in [0.717, 1.165) is 31.0 Å². The summed E-state index contributed by atoms with van der Waals surface area (Å²) in [4.78, 5) is 2.45. The highest BCUT2D eigenvalue weighted by molar-refractivity contribution is 7.15. The average Bonchev–Trinajstić information content (AvgIpc) is 2.94. The Morgan fingerprint density at radius 1 is 1.47 bits per heavy atom. The average molecular weight is 249 g/mol. The summed E-state index contributed by atoms with van der Waals surface area (Å²) in [7, 11) is 0. The second-order valence-corrected chi connectivity index (χ2v) is 5.75. The molecule has 0 bridgehead atoms. The fourth-order valence-electron chi connectivity index (χ4n) is 2.37. The summed E-state index contributed by atoms with van der Waals surface area (Å²) in [5.41, 5.74) is 0. The standard InChI is InChI=1S/C12H15N3OS/c1-8-4-5-10(17-8)12-14-13-11-9(7-16)3-2-6-15(11)12/h4-5,9,16H,2-3,6-7H2,1H3. The maximum Gasteiger partial charge on any atom is 0.174 e. The Labute approximate surface area is 104 Å². The molecule has 0 saturated heterocycles. The van der Waals surface area contributed by atoms with Crippen molar-refractivity contribution in [3.63, 3.8) is 0 Å². The molecule has 0 spiro atoms. The Kier molecular flexibility index (Phi) is 2.72. The lowest BCUT2D eigenvalue weighted by molar-refractivity contribution is 0.238. The van der Waals surface area contributed by atoms with Crippen molar-refractivity contribution in [1.29, 1.82) is 0 Å². The van der Waals surface area contributed by atoms with Crippen LogP contribution in [0, 0.1) is 6.92 Å². The molecule has 1 N–H and O–H groups in total. The zero-order valence-electron chi connectivity index (χ0n) is 9.76. The zero-order chi connectivity index (χ0) is 11.8. The van der Waals surface area contributed by atoms with Crippen LogP contribution in [-0.4, -0.2) is 26.5 Å². The quantitative estimate of drug-likeness (QED) is 0.887. The number of aryl methyl sites for hydroxylation is 1. The van der Waals surface area contributed by atoms with Crippen molar-refractivity contribution in [2.45, 2.75) is 32.2 Å². The van der Waals surface area contributed by atoms with E-state index in [0.29, 0.717) is 0 Å². The van der Waals surface area contributed by atoms with E-state index in [4.69, 9.17) is 0 Å². The summed E-state index contributed by atoms with van der Waals surface area (Å²) < 4.78 is 2.16. The Hall–Kier alpha value is -1.20. The second kappa shape index (κ2) is 4.23. The molecule has 1 unspecified atom stereocenters. The van der Waals surface area contributed by atoms with E-state index in [1.165, 1.54) is 9.75 Å². The number of aliphatic hydroxyl groups excluding tert-OH is 1. The van der Waals surface area contributed by atoms with Gasteiger partial charge in [-0.1, -0.05) is 0 Å². The fraction of sp³-hybridized carbons (Fsp3) is 0.500. The van der Waals surface area contributed by atoms with Gasteiger partial charge in [-0.2, -0.15) is 0 Å². The van der Waals surface area contributed by atoms with Crippen LogP contribution in [-0.2, 0) is 6.54 Å². The highest BCUT2D eigenvalue weighted by atomic mass is 32.1. The molecule has 3 heterocycles. The minimum atomic E-state index is 0.158. The van der Waals surface area contributed by atoms with Crippen molar-refractivity contribution in [3.8, 4) is 10.7 Å². The Morgan fingerprint density at radius 3 is 3.06 bits per heavy atom. The molecular formula is C12H15N3OS. The minimum absolute atomic E-state index is 0.158. The topological polar surface area (TPSA) is 50.9 Å². The molecule has 2 aromatic rings. The van der Waals surface area contributed by atoms with Gasteiger partial charge in [0.15, 0.2) is 5.82 Å². The zero-order valence-corrected chi connectivity index (χ0v) is 10.6. The Morgan fingerprint density at radius 2 is 2.35 bits per heavy atom. The number of aliphatic hydroxyl groups is 1. The first kappa shape index (κ1) is 10.9. The van der Waals surface area contributed by atoms with Gasteiger partial charge in [0.2, 0.25) is 0 Å². The monoisotopic (exact) mass is 249 g/mol. The van der Waals surface area contributed by atoms with Gasteiger partial charge in [-0.3, -0.25) is 0 Å². The van der Waals surface area contributed by atoms with Crippen molar-refractivity contribution in [2.75, 3.05) is 6.61 Å². The summed E-state index contributed by atoms with van der Waals surface area (Å²) in [5.74, 6) is 2.06. The van der Waals surface area contributed by atoms with Gasteiger partial charge in [-0.25, -0.2) is 0 Å². The number of hydrogen-bond donors (Lipinski definition) is 1. The van der Waals surface area contributed by atoms with Crippen molar-refractivity contribution >= 4 is 11.3 Å². The number of aromatic nitrogens is 3. The Bertz CT molecular complexity index is 532. The van der Waals surface area contributed by atoms with E-state index in [1.807, 2.05) is 0 Å². The predicted octanol–water partition coefficient (Wildman–Crippen LogP) is 2.18. The first-order valence-corrected chi connectivity index (χ1v) is 6.72. The Balaban J connectivity index is 2.05. The summed E-state index contributed by atoms with van der Waals surface area (Å²) in [5, 5.41) is 17.9. The molecule has 4 nitrogen and oxygen atoms in total. The van der Waals surface area contributed by atoms with Crippen LogP contribution in [0.3, 0.4) is 0 Å². The molecule has 0 fully saturated rings. The molecule has 2 aromatic heterocycles. The lowest BCUT2D eigenvalue weighted by atomic mass is 10.00. The van der Waals surface area contributed by atoms with Crippen molar-refractivity contribution in [1.82, 2.24) is 14.8 Å². The van der Waals surface area contributed by atoms with Crippen LogP contribution < -0.4 is 0 Å². The van der Waals surface area contributed by atoms with Gasteiger partial charge in [0.25, 0.3) is 0 Å². The van der Waals surface area contributed by atoms with Crippen molar-refractivity contribution in [3.05, 3.63) is 22.8 Å². The summed E-state index contributed by atoms with van der Waals surface area (Å²) in [6, 6.07) is 4.20. The molecule has 17 heavy (non-hydrogen) atoms. The molecule has 0 amide bonds. The van der Waals surface area contributed by atoms with Crippen molar-refractivity contribution in [2.24, 2.45) is 0 Å². The first-order chi connectivity index (χ1) is 8.29. The fourth-order valence-corrected chi connectivity index (χ4v) is 3.23. The summed E-state index contributed by atoms with van der Waals surface area (Å²) in [6.07, 6.45) is 2.10. The first-order valence-electron chi connectivity index (χ1n) is 5.90. The van der Waals surface area contributed by atoms with Crippen LogP contribution in [0.25, 0.3) is 10.7 Å². The maximum atomic E-state index is 9.34. The van der Waals surface area contributed by atoms with Gasteiger partial charge in [0, 0.05) is 17.3 Å². The van der Waals surface area contributed by atoms with Gasteiger partial charge in [-0.15, -0.1) is 21.5 Å². The lowest BCUT2D eigenvalue weighted by Gasteiger charge is -2.21. The number of nitrogens with zero attached hydrogens (tertiary/aromatic N) is 3. The molecule has 1 aliphatic rings. The third kappa shape index (κ3) is 1.79. The van der Waals surface area contributed by atoms with Gasteiger partial charge in [0.05, 0.1) is 11.5 Å². The summed E-state index contributed by atoms with van der Waals surface area (Å²) >= 11 is 1.74. The molecule has 0 saturated carbocycles. The molecule has 1 atom stereocenters. The predicted molar refractivity (Wildman–Crippen MR) is 67.1 cm³/mol. The smallest absolute Gasteiger partial charge is 0.174 e. The van der Waals surface area contributed by atoms with Crippen LogP contribution in [0.1, 0.15) is 29.5 Å². The summed E-state index contributed by atoms with van der Waals surface area (Å²) in [6.45, 7) is 3.23. The van der Waals surface area contributed by atoms with E-state index in [2.05, 4.69) is 33.8 Å². The molecule has 0 aromatic carbocycles. The van der Waals surface area contributed by atoms with E-state index in [-0.39, 0.29) is 12.5 Å². The van der Waals surface area contributed by atoms with Crippen molar-refractivity contribution < 1.29 is 5.11 Å². The van der Waals surface area contributed by atoms with E-state index >= 15 is 0 Å². The maximum absolute atomic E-state index is 9.34. The van der Waals surface area contributed by atoms with E-state index < -0.39 is 0 Å². The van der Waals surface area contributed by atoms with Crippen LogP contribution in [0.4, 0.5) is 0 Å². The van der Waals surface area contributed by atoms with Crippen LogP contribution in [0.15, 0.2) is 12.1 Å². The largest absolute Gasteiger partial charge is 0.396 e. The molecular weight excluding hydrogens is 234 g/mol.